The lowest BCUT2D eigenvalue weighted by Crippen LogP contribution is -2.50. The first kappa shape index (κ1) is 21.2. The van der Waals surface area contributed by atoms with Gasteiger partial charge in [-0.05, 0) is 36.8 Å². The molecule has 2 heterocycles. The number of para-hydroxylation sites is 1. The maximum absolute atomic E-state index is 12.8. The molecule has 1 aliphatic rings. The zero-order valence-corrected chi connectivity index (χ0v) is 19.1. The number of nitrogens with one attached hydrogen (secondary N) is 1. The Morgan fingerprint density at radius 3 is 2.39 bits per heavy atom. The molecule has 6 nitrogen and oxygen atoms in total. The number of carbonyl (C=O) groups is 1. The van der Waals surface area contributed by atoms with E-state index in [1.807, 2.05) is 84.6 Å². The van der Waals surface area contributed by atoms with Crippen molar-refractivity contribution in [3.63, 3.8) is 0 Å². The molecular formula is C26H24ClN5O. The highest BCUT2D eigenvalue weighted by atomic mass is 35.5. The van der Waals surface area contributed by atoms with E-state index in [0.717, 1.165) is 33.5 Å². The molecule has 1 saturated heterocycles. The Kier molecular flexibility index (Phi) is 5.84. The Morgan fingerprint density at radius 2 is 1.64 bits per heavy atom. The number of anilines is 2. The number of urea groups is 1. The lowest BCUT2D eigenvalue weighted by Gasteiger charge is -2.36. The number of hydrogen-bond donors (Lipinski definition) is 1. The summed E-state index contributed by atoms with van der Waals surface area (Å²) in [7, 11) is 0. The van der Waals surface area contributed by atoms with E-state index in [2.05, 4.69) is 10.2 Å². The fourth-order valence-electron chi connectivity index (χ4n) is 4.07. The smallest absolute Gasteiger partial charge is 0.321 e. The molecule has 1 aliphatic heterocycles. The lowest BCUT2D eigenvalue weighted by molar-refractivity contribution is 0.208. The number of aryl methyl sites for hydroxylation is 1. The molecular weight excluding hydrogens is 434 g/mol. The van der Waals surface area contributed by atoms with Crippen LogP contribution in [-0.2, 0) is 0 Å². The molecule has 166 valence electrons. The average Bonchev–Trinajstić information content (AvgIpc) is 2.85. The first-order chi connectivity index (χ1) is 16.1. The number of aromatic nitrogens is 2. The molecule has 5 rings (SSSR count). The summed E-state index contributed by atoms with van der Waals surface area (Å²) in [5, 5.41) is 4.63. The molecule has 1 N–H and O–H groups in total. The van der Waals surface area contributed by atoms with E-state index in [0.29, 0.717) is 37.0 Å². The summed E-state index contributed by atoms with van der Waals surface area (Å²) in [6.07, 6.45) is 0. The fraction of sp³-hybridized carbons (Fsp3) is 0.192. The number of amides is 2. The predicted octanol–water partition coefficient (Wildman–Crippen LogP) is 5.61. The minimum absolute atomic E-state index is 0.0757. The third kappa shape index (κ3) is 4.47. The molecule has 0 radical (unpaired) electrons. The maximum atomic E-state index is 12.8. The Labute approximate surface area is 197 Å². The van der Waals surface area contributed by atoms with Gasteiger partial charge in [-0.25, -0.2) is 14.8 Å². The standard InChI is InChI=1S/C26H24ClN5O/c1-18-7-5-6-10-22(18)29-26(33)32-15-13-31(14-16-32)25-21-12-11-20(27)17-23(21)28-24(30-25)19-8-3-2-4-9-19/h2-12,17H,13-16H2,1H3,(H,29,33). The summed E-state index contributed by atoms with van der Waals surface area (Å²) in [6.45, 7) is 4.58. The van der Waals surface area contributed by atoms with Crippen LogP contribution >= 0.6 is 11.6 Å². The van der Waals surface area contributed by atoms with Gasteiger partial charge in [0.15, 0.2) is 5.82 Å². The van der Waals surface area contributed by atoms with Crippen molar-refractivity contribution < 1.29 is 4.79 Å². The quantitative estimate of drug-likeness (QED) is 0.434. The van der Waals surface area contributed by atoms with Crippen LogP contribution in [0.2, 0.25) is 5.02 Å². The molecule has 7 heteroatoms. The average molecular weight is 458 g/mol. The van der Waals surface area contributed by atoms with Gasteiger partial charge in [0.1, 0.15) is 5.82 Å². The van der Waals surface area contributed by atoms with Crippen LogP contribution in [-0.4, -0.2) is 47.1 Å². The van der Waals surface area contributed by atoms with Gasteiger partial charge in [0.05, 0.1) is 5.52 Å². The molecule has 33 heavy (non-hydrogen) atoms. The van der Waals surface area contributed by atoms with Crippen LogP contribution in [0.5, 0.6) is 0 Å². The Bertz CT molecular complexity index is 1300. The number of fused-ring (bicyclic) bond motifs is 1. The van der Waals surface area contributed by atoms with Crippen molar-refractivity contribution in [1.82, 2.24) is 14.9 Å². The van der Waals surface area contributed by atoms with Gasteiger partial charge in [0, 0.05) is 47.8 Å². The number of hydrogen-bond acceptors (Lipinski definition) is 4. The van der Waals surface area contributed by atoms with Gasteiger partial charge in [-0.3, -0.25) is 0 Å². The SMILES string of the molecule is Cc1ccccc1NC(=O)N1CCN(c2nc(-c3ccccc3)nc3cc(Cl)ccc23)CC1. The lowest BCUT2D eigenvalue weighted by atomic mass is 10.1. The van der Waals surface area contributed by atoms with E-state index in [1.54, 1.807) is 0 Å². The maximum Gasteiger partial charge on any atom is 0.321 e. The fourth-order valence-corrected chi connectivity index (χ4v) is 4.24. The summed E-state index contributed by atoms with van der Waals surface area (Å²) in [4.78, 5) is 26.6. The summed E-state index contributed by atoms with van der Waals surface area (Å²) < 4.78 is 0. The number of carbonyl (C=O) groups excluding carboxylic acids is 1. The molecule has 1 fully saturated rings. The van der Waals surface area contributed by atoms with Gasteiger partial charge in [0.25, 0.3) is 0 Å². The summed E-state index contributed by atoms with van der Waals surface area (Å²) in [5.41, 5.74) is 3.66. The molecule has 0 aliphatic carbocycles. The molecule has 0 saturated carbocycles. The number of nitrogens with zero attached hydrogens (tertiary/aromatic N) is 4. The number of halogens is 1. The molecule has 1 aromatic heterocycles. The highest BCUT2D eigenvalue weighted by molar-refractivity contribution is 6.31. The minimum atomic E-state index is -0.0757. The minimum Gasteiger partial charge on any atom is -0.352 e. The molecule has 3 aromatic carbocycles. The topological polar surface area (TPSA) is 61.4 Å². The summed E-state index contributed by atoms with van der Waals surface area (Å²) in [6, 6.07) is 23.4. The van der Waals surface area contributed by atoms with Crippen molar-refractivity contribution in [2.45, 2.75) is 6.92 Å². The van der Waals surface area contributed by atoms with Gasteiger partial charge in [-0.15, -0.1) is 0 Å². The van der Waals surface area contributed by atoms with Crippen LogP contribution in [0.15, 0.2) is 72.8 Å². The third-order valence-electron chi connectivity index (χ3n) is 5.92. The van der Waals surface area contributed by atoms with Crippen molar-refractivity contribution in [3.8, 4) is 11.4 Å². The Balaban J connectivity index is 1.39. The third-order valence-corrected chi connectivity index (χ3v) is 6.16. The van der Waals surface area contributed by atoms with Crippen LogP contribution in [0, 0.1) is 6.92 Å². The van der Waals surface area contributed by atoms with Gasteiger partial charge < -0.3 is 15.1 Å². The van der Waals surface area contributed by atoms with E-state index >= 15 is 0 Å². The number of benzene rings is 3. The van der Waals surface area contributed by atoms with Crippen LogP contribution in [0.4, 0.5) is 16.3 Å². The first-order valence-corrected chi connectivity index (χ1v) is 11.4. The van der Waals surface area contributed by atoms with Crippen LogP contribution in [0.25, 0.3) is 22.3 Å². The number of piperazine rings is 1. The van der Waals surface area contributed by atoms with Crippen molar-refractivity contribution >= 4 is 40.0 Å². The van der Waals surface area contributed by atoms with Gasteiger partial charge in [-0.2, -0.15) is 0 Å². The van der Waals surface area contributed by atoms with Crippen molar-refractivity contribution in [1.29, 1.82) is 0 Å². The second-order valence-corrected chi connectivity index (χ2v) is 8.55. The van der Waals surface area contributed by atoms with Gasteiger partial charge in [-0.1, -0.05) is 60.1 Å². The van der Waals surface area contributed by atoms with E-state index in [-0.39, 0.29) is 6.03 Å². The van der Waals surface area contributed by atoms with Gasteiger partial charge in [0.2, 0.25) is 0 Å². The normalized spacial score (nSPS) is 13.9. The second-order valence-electron chi connectivity index (χ2n) is 8.12. The van der Waals surface area contributed by atoms with Crippen LogP contribution in [0.3, 0.4) is 0 Å². The highest BCUT2D eigenvalue weighted by Gasteiger charge is 2.24. The van der Waals surface area contributed by atoms with Gasteiger partial charge >= 0.3 is 6.03 Å². The van der Waals surface area contributed by atoms with Crippen molar-refractivity contribution in [2.24, 2.45) is 0 Å². The molecule has 2 amide bonds. The molecule has 0 spiro atoms. The molecule has 0 atom stereocenters. The molecule has 0 bridgehead atoms. The van der Waals surface area contributed by atoms with E-state index in [9.17, 15) is 4.79 Å². The Hall–Kier alpha value is -3.64. The largest absolute Gasteiger partial charge is 0.352 e. The van der Waals surface area contributed by atoms with Crippen molar-refractivity contribution in [3.05, 3.63) is 83.4 Å². The van der Waals surface area contributed by atoms with E-state index in [4.69, 9.17) is 21.6 Å². The zero-order chi connectivity index (χ0) is 22.8. The first-order valence-electron chi connectivity index (χ1n) is 11.0. The van der Waals surface area contributed by atoms with Crippen molar-refractivity contribution in [2.75, 3.05) is 36.4 Å². The van der Waals surface area contributed by atoms with Crippen LogP contribution in [0.1, 0.15) is 5.56 Å². The monoisotopic (exact) mass is 457 g/mol. The second kappa shape index (κ2) is 9.08. The predicted molar refractivity (Wildman–Crippen MR) is 134 cm³/mol. The summed E-state index contributed by atoms with van der Waals surface area (Å²) in [5.74, 6) is 1.54. The Morgan fingerprint density at radius 1 is 0.909 bits per heavy atom. The molecule has 4 aromatic rings. The van der Waals surface area contributed by atoms with E-state index in [1.165, 1.54) is 0 Å². The molecule has 0 unspecified atom stereocenters. The van der Waals surface area contributed by atoms with Crippen LogP contribution < -0.4 is 10.2 Å². The number of rotatable bonds is 3. The summed E-state index contributed by atoms with van der Waals surface area (Å²) >= 11 is 6.26. The zero-order valence-electron chi connectivity index (χ0n) is 18.3. The highest BCUT2D eigenvalue weighted by Crippen LogP contribution is 2.30. The van der Waals surface area contributed by atoms with E-state index < -0.39 is 0 Å².